The number of ether oxygens (including phenoxy) is 1. The molecule has 2 heteroatoms. The predicted octanol–water partition coefficient (Wildman–Crippen LogP) is 4.45. The van der Waals surface area contributed by atoms with E-state index in [1.54, 1.807) is 0 Å². The number of anilines is 1. The topological polar surface area (TPSA) is 21.3 Å². The Kier molecular flexibility index (Phi) is 4.22. The van der Waals surface area contributed by atoms with E-state index in [2.05, 4.69) is 25.7 Å². The first-order chi connectivity index (χ1) is 7.78. The second-order valence-corrected chi connectivity index (χ2v) is 5.54. The van der Waals surface area contributed by atoms with E-state index in [0.29, 0.717) is 5.92 Å². The number of allylic oxidation sites excluding steroid dienone is 1. The van der Waals surface area contributed by atoms with Gasteiger partial charge < -0.3 is 10.1 Å². The van der Waals surface area contributed by atoms with Gasteiger partial charge >= 0.3 is 0 Å². The number of hydrogen-bond acceptors (Lipinski definition) is 2. The Hall–Kier alpha value is -1.44. The third-order valence-corrected chi connectivity index (χ3v) is 2.28. The van der Waals surface area contributed by atoms with E-state index in [9.17, 15) is 0 Å². The van der Waals surface area contributed by atoms with Crippen LogP contribution in [-0.2, 0) is 0 Å². The van der Waals surface area contributed by atoms with Gasteiger partial charge in [-0.05, 0) is 51.0 Å². The molecule has 2 nitrogen and oxygen atoms in total. The second kappa shape index (κ2) is 5.26. The van der Waals surface area contributed by atoms with Crippen LogP contribution in [0.25, 0.3) is 0 Å². The zero-order valence-corrected chi connectivity index (χ0v) is 11.5. The Labute approximate surface area is 105 Å². The van der Waals surface area contributed by atoms with Crippen LogP contribution in [0.3, 0.4) is 0 Å². The molecule has 1 rings (SSSR count). The summed E-state index contributed by atoms with van der Waals surface area (Å²) >= 11 is 0. The number of benzene rings is 1. The van der Waals surface area contributed by atoms with Crippen molar-refractivity contribution in [2.24, 2.45) is 5.92 Å². The van der Waals surface area contributed by atoms with E-state index >= 15 is 0 Å². The monoisotopic (exact) mass is 233 g/mol. The Morgan fingerprint density at radius 1 is 1.18 bits per heavy atom. The van der Waals surface area contributed by atoms with Gasteiger partial charge in [-0.3, -0.25) is 0 Å². The highest BCUT2D eigenvalue weighted by molar-refractivity contribution is 5.50. The summed E-state index contributed by atoms with van der Waals surface area (Å²) in [5.41, 5.74) is 1.91. The lowest BCUT2D eigenvalue weighted by Gasteiger charge is -2.21. The molecule has 0 saturated heterocycles. The third-order valence-electron chi connectivity index (χ3n) is 2.28. The third kappa shape index (κ3) is 4.94. The van der Waals surface area contributed by atoms with E-state index in [-0.39, 0.29) is 5.60 Å². The first-order valence-electron chi connectivity index (χ1n) is 6.03. The highest BCUT2D eigenvalue weighted by Gasteiger charge is 2.11. The molecular weight excluding hydrogens is 210 g/mol. The van der Waals surface area contributed by atoms with Crippen LogP contribution in [0, 0.1) is 5.92 Å². The van der Waals surface area contributed by atoms with Crippen LogP contribution in [0.5, 0.6) is 5.75 Å². The molecule has 1 aromatic carbocycles. The van der Waals surface area contributed by atoms with Gasteiger partial charge in [0.15, 0.2) is 0 Å². The summed E-state index contributed by atoms with van der Waals surface area (Å²) in [6, 6.07) is 7.96. The molecule has 0 heterocycles. The van der Waals surface area contributed by atoms with Gasteiger partial charge in [0, 0.05) is 11.4 Å². The van der Waals surface area contributed by atoms with Crippen molar-refractivity contribution < 1.29 is 4.74 Å². The minimum absolute atomic E-state index is 0.156. The van der Waals surface area contributed by atoms with E-state index in [0.717, 1.165) is 17.1 Å². The van der Waals surface area contributed by atoms with Crippen LogP contribution in [0.4, 0.5) is 5.69 Å². The largest absolute Gasteiger partial charge is 0.488 e. The van der Waals surface area contributed by atoms with Gasteiger partial charge in [-0.25, -0.2) is 0 Å². The van der Waals surface area contributed by atoms with Gasteiger partial charge in [0.1, 0.15) is 11.4 Å². The average molecular weight is 233 g/mol. The van der Waals surface area contributed by atoms with E-state index in [4.69, 9.17) is 4.74 Å². The molecule has 1 N–H and O–H groups in total. The maximum Gasteiger partial charge on any atom is 0.120 e. The van der Waals surface area contributed by atoms with Crippen LogP contribution in [0.15, 0.2) is 36.5 Å². The number of rotatable bonds is 4. The van der Waals surface area contributed by atoms with Gasteiger partial charge in [-0.1, -0.05) is 20.4 Å². The fourth-order valence-corrected chi connectivity index (χ4v) is 1.29. The van der Waals surface area contributed by atoms with Crippen LogP contribution >= 0.6 is 0 Å². The fourth-order valence-electron chi connectivity index (χ4n) is 1.29. The Bertz CT molecular complexity index is 371. The molecule has 1 aromatic rings. The molecule has 0 unspecified atom stereocenters. The smallest absolute Gasteiger partial charge is 0.120 e. The van der Waals surface area contributed by atoms with Gasteiger partial charge in [-0.15, -0.1) is 0 Å². The van der Waals surface area contributed by atoms with Gasteiger partial charge in [-0.2, -0.15) is 0 Å². The van der Waals surface area contributed by atoms with Gasteiger partial charge in [0.25, 0.3) is 0 Å². The van der Waals surface area contributed by atoms with Gasteiger partial charge in [0.05, 0.1) is 0 Å². The molecule has 0 aliphatic rings. The molecule has 17 heavy (non-hydrogen) atoms. The highest BCUT2D eigenvalue weighted by atomic mass is 16.5. The highest BCUT2D eigenvalue weighted by Crippen LogP contribution is 2.21. The van der Waals surface area contributed by atoms with Crippen molar-refractivity contribution in [3.63, 3.8) is 0 Å². The molecule has 0 aromatic heterocycles. The van der Waals surface area contributed by atoms with Crippen LogP contribution in [0.1, 0.15) is 34.6 Å². The SMILES string of the molecule is C=C(Nc1ccc(OC(C)(C)C)cc1)C(C)C. The van der Waals surface area contributed by atoms with Crippen molar-refractivity contribution in [1.29, 1.82) is 0 Å². The Morgan fingerprint density at radius 2 is 1.71 bits per heavy atom. The summed E-state index contributed by atoms with van der Waals surface area (Å²) in [5.74, 6) is 1.32. The lowest BCUT2D eigenvalue weighted by molar-refractivity contribution is 0.131. The summed E-state index contributed by atoms with van der Waals surface area (Å²) in [6.07, 6.45) is 0. The molecule has 0 aliphatic carbocycles. The molecule has 94 valence electrons. The quantitative estimate of drug-likeness (QED) is 0.829. The molecular formula is C15H23NO. The maximum absolute atomic E-state index is 5.76. The fraction of sp³-hybridized carbons (Fsp3) is 0.467. The van der Waals surface area contributed by atoms with Crippen molar-refractivity contribution in [2.75, 3.05) is 5.32 Å². The van der Waals surface area contributed by atoms with E-state index in [1.807, 2.05) is 45.0 Å². The van der Waals surface area contributed by atoms with Crippen LogP contribution < -0.4 is 10.1 Å². The lowest BCUT2D eigenvalue weighted by Crippen LogP contribution is -2.22. The van der Waals surface area contributed by atoms with Crippen LogP contribution in [-0.4, -0.2) is 5.60 Å². The summed E-state index contributed by atoms with van der Waals surface area (Å²) in [7, 11) is 0. The summed E-state index contributed by atoms with van der Waals surface area (Å²) in [6.45, 7) is 14.3. The molecule has 0 amide bonds. The average Bonchev–Trinajstić information content (AvgIpc) is 2.18. The van der Waals surface area contributed by atoms with Crippen LogP contribution in [0.2, 0.25) is 0 Å². The maximum atomic E-state index is 5.76. The minimum atomic E-state index is -0.156. The normalized spacial score (nSPS) is 11.4. The molecule has 0 radical (unpaired) electrons. The predicted molar refractivity (Wildman–Crippen MR) is 74.4 cm³/mol. The second-order valence-electron chi connectivity index (χ2n) is 5.54. The number of hydrogen-bond donors (Lipinski definition) is 1. The molecule has 0 spiro atoms. The molecule has 0 atom stereocenters. The van der Waals surface area contributed by atoms with Crippen molar-refractivity contribution in [3.05, 3.63) is 36.5 Å². The number of nitrogens with one attached hydrogen (secondary N) is 1. The standard InChI is InChI=1S/C15H23NO/c1-11(2)12(3)16-13-7-9-14(10-8-13)17-15(4,5)6/h7-11,16H,3H2,1-2,4-6H3. The summed E-state index contributed by atoms with van der Waals surface area (Å²) < 4.78 is 5.76. The van der Waals surface area contributed by atoms with Crippen molar-refractivity contribution in [3.8, 4) is 5.75 Å². The first kappa shape index (κ1) is 13.6. The van der Waals surface area contributed by atoms with Crippen molar-refractivity contribution in [1.82, 2.24) is 0 Å². The van der Waals surface area contributed by atoms with E-state index < -0.39 is 0 Å². The first-order valence-corrected chi connectivity index (χ1v) is 6.03. The Balaban J connectivity index is 2.65. The lowest BCUT2D eigenvalue weighted by atomic mass is 10.1. The van der Waals surface area contributed by atoms with Crippen molar-refractivity contribution in [2.45, 2.75) is 40.2 Å². The molecule has 0 aliphatic heterocycles. The zero-order valence-electron chi connectivity index (χ0n) is 11.5. The van der Waals surface area contributed by atoms with Crippen molar-refractivity contribution >= 4 is 5.69 Å². The van der Waals surface area contributed by atoms with Gasteiger partial charge in [0.2, 0.25) is 0 Å². The Morgan fingerprint density at radius 3 is 2.12 bits per heavy atom. The summed E-state index contributed by atoms with van der Waals surface area (Å²) in [5, 5.41) is 3.28. The zero-order chi connectivity index (χ0) is 13.1. The summed E-state index contributed by atoms with van der Waals surface area (Å²) in [4.78, 5) is 0. The van der Waals surface area contributed by atoms with E-state index in [1.165, 1.54) is 0 Å². The molecule has 0 saturated carbocycles. The minimum Gasteiger partial charge on any atom is -0.488 e. The molecule has 0 fully saturated rings. The molecule has 0 bridgehead atoms.